The van der Waals surface area contributed by atoms with Crippen LogP contribution >= 0.6 is 11.3 Å². The first kappa shape index (κ1) is 13.1. The first-order chi connectivity index (χ1) is 8.70. The number of rotatable bonds is 5. The van der Waals surface area contributed by atoms with Gasteiger partial charge in [0.2, 0.25) is 0 Å². The van der Waals surface area contributed by atoms with Crippen LogP contribution in [0.2, 0.25) is 0 Å². The Morgan fingerprint density at radius 1 is 1.28 bits per heavy atom. The van der Waals surface area contributed by atoms with Crippen LogP contribution in [0.5, 0.6) is 5.75 Å². The molecule has 18 heavy (non-hydrogen) atoms. The number of aliphatic hydroxyl groups excluding tert-OH is 1. The molecule has 0 radical (unpaired) electrons. The lowest BCUT2D eigenvalue weighted by atomic mass is 10.0. The predicted octanol–water partition coefficient (Wildman–Crippen LogP) is 3.04. The number of methoxy groups -OCH3 is 1. The lowest BCUT2D eigenvalue weighted by Gasteiger charge is -2.11. The molecule has 0 fully saturated rings. The quantitative estimate of drug-likeness (QED) is 0.901. The van der Waals surface area contributed by atoms with Gasteiger partial charge in [0.25, 0.3) is 0 Å². The number of halogens is 1. The minimum absolute atomic E-state index is 0.218. The molecule has 2 nitrogen and oxygen atoms in total. The Labute approximate surface area is 110 Å². The van der Waals surface area contributed by atoms with Crippen LogP contribution in [0, 0.1) is 5.82 Å². The molecule has 96 valence electrons. The lowest BCUT2D eigenvalue weighted by Crippen LogP contribution is -2.14. The Balaban J connectivity index is 2.05. The van der Waals surface area contributed by atoms with Crippen molar-refractivity contribution in [3.05, 3.63) is 52.0 Å². The van der Waals surface area contributed by atoms with E-state index in [0.29, 0.717) is 18.4 Å². The van der Waals surface area contributed by atoms with Crippen molar-refractivity contribution in [3.63, 3.8) is 0 Å². The van der Waals surface area contributed by atoms with Crippen LogP contribution in [0.3, 0.4) is 0 Å². The molecule has 1 heterocycles. The predicted molar refractivity (Wildman–Crippen MR) is 70.7 cm³/mol. The molecule has 0 amide bonds. The molecule has 1 aromatic carbocycles. The third kappa shape index (κ3) is 3.09. The summed E-state index contributed by atoms with van der Waals surface area (Å²) in [5.74, 6) is -0.166. The molecule has 1 unspecified atom stereocenters. The van der Waals surface area contributed by atoms with Gasteiger partial charge in [-0.25, -0.2) is 4.39 Å². The largest absolute Gasteiger partial charge is 0.494 e. The zero-order valence-corrected chi connectivity index (χ0v) is 10.9. The fraction of sp³-hybridized carbons (Fsp3) is 0.286. The molecule has 1 N–H and O–H groups in total. The molecule has 0 bridgehead atoms. The highest BCUT2D eigenvalue weighted by Gasteiger charge is 2.13. The fourth-order valence-corrected chi connectivity index (χ4v) is 2.64. The monoisotopic (exact) mass is 266 g/mol. The van der Waals surface area contributed by atoms with Crippen LogP contribution < -0.4 is 4.74 Å². The zero-order chi connectivity index (χ0) is 13.0. The van der Waals surface area contributed by atoms with Gasteiger partial charge in [0.15, 0.2) is 11.6 Å². The third-order valence-corrected chi connectivity index (χ3v) is 3.63. The van der Waals surface area contributed by atoms with Gasteiger partial charge in [-0.3, -0.25) is 0 Å². The van der Waals surface area contributed by atoms with Gasteiger partial charge in [-0.1, -0.05) is 18.2 Å². The Kier molecular flexibility index (Phi) is 4.33. The average molecular weight is 266 g/mol. The maximum atomic E-state index is 13.9. The molecule has 1 atom stereocenters. The first-order valence-corrected chi connectivity index (χ1v) is 6.60. The number of hydrogen-bond acceptors (Lipinski definition) is 3. The van der Waals surface area contributed by atoms with Crippen molar-refractivity contribution in [3.8, 4) is 5.75 Å². The number of benzene rings is 1. The molecule has 4 heteroatoms. The minimum atomic E-state index is -0.578. The third-order valence-electron chi connectivity index (χ3n) is 2.74. The van der Waals surface area contributed by atoms with Crippen LogP contribution in [0.25, 0.3) is 0 Å². The topological polar surface area (TPSA) is 29.5 Å². The van der Waals surface area contributed by atoms with Gasteiger partial charge in [0, 0.05) is 17.7 Å². The van der Waals surface area contributed by atoms with E-state index in [1.807, 2.05) is 17.5 Å². The maximum absolute atomic E-state index is 13.9. The van der Waals surface area contributed by atoms with Crippen molar-refractivity contribution in [2.75, 3.05) is 7.11 Å². The fourth-order valence-electron chi connectivity index (χ4n) is 1.86. The standard InChI is InChI=1S/C14H15FO2S/c1-17-13-6-2-4-10(14(13)15)8-11(16)9-12-5-3-7-18-12/h2-7,11,16H,8-9H2,1H3. The summed E-state index contributed by atoms with van der Waals surface area (Å²) in [5, 5.41) is 11.9. The number of ether oxygens (including phenoxy) is 1. The van der Waals surface area contributed by atoms with E-state index in [2.05, 4.69) is 0 Å². The summed E-state index contributed by atoms with van der Waals surface area (Å²) in [6.45, 7) is 0. The Bertz CT molecular complexity index is 497. The first-order valence-electron chi connectivity index (χ1n) is 5.72. The van der Waals surface area contributed by atoms with E-state index in [0.717, 1.165) is 4.88 Å². The molecule has 0 aliphatic rings. The summed E-state index contributed by atoms with van der Waals surface area (Å²) in [6, 6.07) is 8.89. The van der Waals surface area contributed by atoms with Gasteiger partial charge in [-0.2, -0.15) is 0 Å². The van der Waals surface area contributed by atoms with E-state index < -0.39 is 6.10 Å². The summed E-state index contributed by atoms with van der Waals surface area (Å²) < 4.78 is 18.8. The second-order valence-electron chi connectivity index (χ2n) is 4.07. The van der Waals surface area contributed by atoms with Gasteiger partial charge in [0.1, 0.15) is 0 Å². The lowest BCUT2D eigenvalue weighted by molar-refractivity contribution is 0.175. The summed E-state index contributed by atoms with van der Waals surface area (Å²) in [7, 11) is 1.43. The molecule has 2 rings (SSSR count). The molecule has 0 spiro atoms. The van der Waals surface area contributed by atoms with Gasteiger partial charge in [0.05, 0.1) is 13.2 Å². The average Bonchev–Trinajstić information content (AvgIpc) is 2.84. The highest BCUT2D eigenvalue weighted by atomic mass is 32.1. The Hall–Kier alpha value is -1.39. The van der Waals surface area contributed by atoms with Crippen molar-refractivity contribution < 1.29 is 14.2 Å². The van der Waals surface area contributed by atoms with E-state index in [4.69, 9.17) is 4.74 Å². The molecule has 2 aromatic rings. The van der Waals surface area contributed by atoms with Crippen molar-refractivity contribution >= 4 is 11.3 Å². The van der Waals surface area contributed by atoms with E-state index in [1.54, 1.807) is 29.5 Å². The molecular formula is C14H15FO2S. The van der Waals surface area contributed by atoms with Crippen LogP contribution in [-0.2, 0) is 12.8 Å². The highest BCUT2D eigenvalue weighted by molar-refractivity contribution is 7.09. The SMILES string of the molecule is COc1cccc(CC(O)Cc2cccs2)c1F. The summed E-state index contributed by atoms with van der Waals surface area (Å²) in [6.07, 6.45) is 0.264. The van der Waals surface area contributed by atoms with Gasteiger partial charge in [-0.15, -0.1) is 11.3 Å². The van der Waals surface area contributed by atoms with E-state index in [-0.39, 0.29) is 11.6 Å². The van der Waals surface area contributed by atoms with E-state index >= 15 is 0 Å². The smallest absolute Gasteiger partial charge is 0.168 e. The van der Waals surface area contributed by atoms with Crippen molar-refractivity contribution in [1.82, 2.24) is 0 Å². The van der Waals surface area contributed by atoms with Crippen LogP contribution in [-0.4, -0.2) is 18.3 Å². The number of hydrogen-bond donors (Lipinski definition) is 1. The van der Waals surface area contributed by atoms with Gasteiger partial charge in [-0.05, 0) is 23.1 Å². The summed E-state index contributed by atoms with van der Waals surface area (Å²) in [5.41, 5.74) is 0.485. The number of aliphatic hydroxyl groups is 1. The molecule has 0 saturated heterocycles. The second kappa shape index (κ2) is 5.98. The van der Waals surface area contributed by atoms with Gasteiger partial charge < -0.3 is 9.84 Å². The van der Waals surface area contributed by atoms with E-state index in [9.17, 15) is 9.50 Å². The molecular weight excluding hydrogens is 251 g/mol. The molecule has 0 saturated carbocycles. The second-order valence-corrected chi connectivity index (χ2v) is 5.11. The Morgan fingerprint density at radius 2 is 2.11 bits per heavy atom. The molecule has 1 aromatic heterocycles. The van der Waals surface area contributed by atoms with Gasteiger partial charge >= 0.3 is 0 Å². The van der Waals surface area contributed by atoms with Crippen LogP contribution in [0.1, 0.15) is 10.4 Å². The Morgan fingerprint density at radius 3 is 2.78 bits per heavy atom. The normalized spacial score (nSPS) is 12.4. The minimum Gasteiger partial charge on any atom is -0.494 e. The summed E-state index contributed by atoms with van der Waals surface area (Å²) in [4.78, 5) is 1.10. The van der Waals surface area contributed by atoms with Crippen molar-refractivity contribution in [1.29, 1.82) is 0 Å². The maximum Gasteiger partial charge on any atom is 0.168 e. The van der Waals surface area contributed by atoms with Crippen molar-refractivity contribution in [2.24, 2.45) is 0 Å². The van der Waals surface area contributed by atoms with E-state index in [1.165, 1.54) is 7.11 Å². The van der Waals surface area contributed by atoms with Crippen LogP contribution in [0.15, 0.2) is 35.7 Å². The molecule has 0 aliphatic carbocycles. The van der Waals surface area contributed by atoms with Crippen molar-refractivity contribution in [2.45, 2.75) is 18.9 Å². The highest BCUT2D eigenvalue weighted by Crippen LogP contribution is 2.22. The zero-order valence-electron chi connectivity index (χ0n) is 10.1. The summed E-state index contributed by atoms with van der Waals surface area (Å²) >= 11 is 1.60. The molecule has 0 aliphatic heterocycles. The van der Waals surface area contributed by atoms with Crippen LogP contribution in [0.4, 0.5) is 4.39 Å². The number of thiophene rings is 1.